The summed E-state index contributed by atoms with van der Waals surface area (Å²) < 4.78 is 37.5. The van der Waals surface area contributed by atoms with Crippen molar-refractivity contribution in [1.29, 1.82) is 0 Å². The number of esters is 1. The topological polar surface area (TPSA) is 125 Å². The van der Waals surface area contributed by atoms with Gasteiger partial charge in [-0.05, 0) is 24.6 Å². The van der Waals surface area contributed by atoms with Gasteiger partial charge in [-0.2, -0.15) is 0 Å². The van der Waals surface area contributed by atoms with Crippen molar-refractivity contribution in [2.24, 2.45) is 0 Å². The van der Waals surface area contributed by atoms with Crippen LogP contribution >= 0.6 is 0 Å². The Bertz CT molecular complexity index is 971. The van der Waals surface area contributed by atoms with Gasteiger partial charge in [0.05, 0.1) is 30.4 Å². The first-order valence-corrected chi connectivity index (χ1v) is 8.72. The zero-order chi connectivity index (χ0) is 19.5. The molecule has 138 valence electrons. The number of aryl methyl sites for hydroxylation is 1. The number of carbonyl (C=O) groups excluding carboxylic acids is 1. The fourth-order valence-electron chi connectivity index (χ4n) is 2.31. The molecule has 0 saturated heterocycles. The van der Waals surface area contributed by atoms with Crippen molar-refractivity contribution in [3.8, 4) is 5.75 Å². The van der Waals surface area contributed by atoms with E-state index in [1.165, 1.54) is 26.4 Å². The summed E-state index contributed by atoms with van der Waals surface area (Å²) in [6.45, 7) is 1.62. The largest absolute Gasteiger partial charge is 0.495 e. The van der Waals surface area contributed by atoms with Crippen molar-refractivity contribution < 1.29 is 27.6 Å². The Morgan fingerprint density at radius 2 is 1.88 bits per heavy atom. The lowest BCUT2D eigenvalue weighted by molar-refractivity contribution is -0.385. The van der Waals surface area contributed by atoms with E-state index in [0.29, 0.717) is 5.56 Å². The second-order valence-corrected chi connectivity index (χ2v) is 6.84. The number of nitro groups is 1. The van der Waals surface area contributed by atoms with E-state index in [2.05, 4.69) is 9.46 Å². The molecule has 0 heterocycles. The van der Waals surface area contributed by atoms with Crippen molar-refractivity contribution in [2.45, 2.75) is 11.8 Å². The van der Waals surface area contributed by atoms with Gasteiger partial charge in [0.1, 0.15) is 10.6 Å². The first kappa shape index (κ1) is 19.2. The Balaban J connectivity index is 2.58. The first-order chi connectivity index (χ1) is 12.2. The summed E-state index contributed by atoms with van der Waals surface area (Å²) >= 11 is 0. The molecule has 0 unspecified atom stereocenters. The molecule has 0 aliphatic rings. The molecule has 10 heteroatoms. The van der Waals surface area contributed by atoms with Gasteiger partial charge in [-0.15, -0.1) is 0 Å². The van der Waals surface area contributed by atoms with Crippen molar-refractivity contribution in [2.75, 3.05) is 18.9 Å². The quantitative estimate of drug-likeness (QED) is 0.464. The molecule has 2 aromatic rings. The molecule has 0 fully saturated rings. The molecular formula is C16H16N2O7S. The maximum atomic E-state index is 12.8. The molecule has 0 atom stereocenters. The Morgan fingerprint density at radius 1 is 1.19 bits per heavy atom. The molecule has 0 spiro atoms. The number of benzene rings is 2. The Kier molecular flexibility index (Phi) is 5.46. The summed E-state index contributed by atoms with van der Waals surface area (Å²) in [6.07, 6.45) is 0. The SMILES string of the molecule is COC(=O)c1c(C)cccc1NS(=O)(=O)c1cc([N+](=O)[O-])ccc1OC. The second-order valence-electron chi connectivity index (χ2n) is 5.19. The van der Waals surface area contributed by atoms with E-state index in [-0.39, 0.29) is 17.0 Å². The third-order valence-electron chi connectivity index (χ3n) is 3.55. The van der Waals surface area contributed by atoms with Crippen LogP contribution in [0.25, 0.3) is 0 Å². The number of nitrogens with one attached hydrogen (secondary N) is 1. The summed E-state index contributed by atoms with van der Waals surface area (Å²) in [5, 5.41) is 11.0. The number of carbonyl (C=O) groups is 1. The predicted octanol–water partition coefficient (Wildman–Crippen LogP) is 2.50. The zero-order valence-electron chi connectivity index (χ0n) is 14.2. The van der Waals surface area contributed by atoms with Crippen LogP contribution in [0, 0.1) is 17.0 Å². The van der Waals surface area contributed by atoms with Gasteiger partial charge in [0, 0.05) is 12.1 Å². The summed E-state index contributed by atoms with van der Waals surface area (Å²) in [4.78, 5) is 21.8. The van der Waals surface area contributed by atoms with Crippen LogP contribution in [-0.2, 0) is 14.8 Å². The van der Waals surface area contributed by atoms with Gasteiger partial charge in [0.2, 0.25) is 0 Å². The number of nitro benzene ring substituents is 1. The van der Waals surface area contributed by atoms with Crippen molar-refractivity contribution in [3.05, 3.63) is 57.6 Å². The molecule has 9 nitrogen and oxygen atoms in total. The van der Waals surface area contributed by atoms with Crippen LogP contribution in [0.4, 0.5) is 11.4 Å². The highest BCUT2D eigenvalue weighted by Crippen LogP contribution is 2.31. The van der Waals surface area contributed by atoms with E-state index in [0.717, 1.165) is 12.1 Å². The zero-order valence-corrected chi connectivity index (χ0v) is 15.0. The standard InChI is InChI=1S/C16H16N2O7S/c1-10-5-4-6-12(15(10)16(19)25-3)17-26(22,23)14-9-11(18(20)21)7-8-13(14)24-2/h4-9,17H,1-3H3. The number of hydrogen-bond acceptors (Lipinski definition) is 7. The predicted molar refractivity (Wildman–Crippen MR) is 93.0 cm³/mol. The molecule has 0 bridgehead atoms. The van der Waals surface area contributed by atoms with E-state index < -0.39 is 31.5 Å². The van der Waals surface area contributed by atoms with E-state index in [9.17, 15) is 23.3 Å². The number of rotatable bonds is 6. The molecular weight excluding hydrogens is 364 g/mol. The summed E-state index contributed by atoms with van der Waals surface area (Å²) in [5.41, 5.74) is 0.125. The fraction of sp³-hybridized carbons (Fsp3) is 0.188. The molecule has 0 radical (unpaired) electrons. The van der Waals surface area contributed by atoms with Gasteiger partial charge in [0.25, 0.3) is 15.7 Å². The first-order valence-electron chi connectivity index (χ1n) is 7.24. The minimum Gasteiger partial charge on any atom is -0.495 e. The van der Waals surface area contributed by atoms with Crippen LogP contribution < -0.4 is 9.46 Å². The molecule has 0 aliphatic heterocycles. The van der Waals surface area contributed by atoms with Crippen LogP contribution in [0.5, 0.6) is 5.75 Å². The van der Waals surface area contributed by atoms with Crippen LogP contribution in [0.15, 0.2) is 41.3 Å². The Labute approximate surface area is 149 Å². The van der Waals surface area contributed by atoms with Crippen molar-refractivity contribution >= 4 is 27.4 Å². The number of non-ortho nitro benzene ring substituents is 1. The minimum atomic E-state index is -4.28. The van der Waals surface area contributed by atoms with E-state index in [1.54, 1.807) is 19.1 Å². The molecule has 0 saturated carbocycles. The van der Waals surface area contributed by atoms with Crippen LogP contribution in [0.2, 0.25) is 0 Å². The number of methoxy groups -OCH3 is 2. The maximum Gasteiger partial charge on any atom is 0.340 e. The lowest BCUT2D eigenvalue weighted by Gasteiger charge is -2.15. The van der Waals surface area contributed by atoms with Gasteiger partial charge in [-0.1, -0.05) is 12.1 Å². The molecule has 0 aliphatic carbocycles. The van der Waals surface area contributed by atoms with E-state index in [4.69, 9.17) is 4.74 Å². The maximum absolute atomic E-state index is 12.8. The van der Waals surface area contributed by atoms with Gasteiger partial charge >= 0.3 is 5.97 Å². The highest BCUT2D eigenvalue weighted by Gasteiger charge is 2.25. The number of ether oxygens (including phenoxy) is 2. The normalized spacial score (nSPS) is 10.9. The lowest BCUT2D eigenvalue weighted by atomic mass is 10.1. The highest BCUT2D eigenvalue weighted by molar-refractivity contribution is 7.92. The van der Waals surface area contributed by atoms with Crippen LogP contribution in [0.1, 0.15) is 15.9 Å². The molecule has 0 amide bonds. The average Bonchev–Trinajstić information content (AvgIpc) is 2.60. The number of sulfonamides is 1. The summed E-state index contributed by atoms with van der Waals surface area (Å²) in [6, 6.07) is 7.77. The Morgan fingerprint density at radius 3 is 2.46 bits per heavy atom. The van der Waals surface area contributed by atoms with Crippen molar-refractivity contribution in [1.82, 2.24) is 0 Å². The fourth-order valence-corrected chi connectivity index (χ4v) is 3.58. The third-order valence-corrected chi connectivity index (χ3v) is 4.94. The molecule has 2 aromatic carbocycles. The van der Waals surface area contributed by atoms with E-state index >= 15 is 0 Å². The van der Waals surface area contributed by atoms with Gasteiger partial charge in [-0.3, -0.25) is 14.8 Å². The second kappa shape index (κ2) is 7.40. The third kappa shape index (κ3) is 3.75. The highest BCUT2D eigenvalue weighted by atomic mass is 32.2. The Hall–Kier alpha value is -3.14. The van der Waals surface area contributed by atoms with Crippen molar-refractivity contribution in [3.63, 3.8) is 0 Å². The molecule has 1 N–H and O–H groups in total. The minimum absolute atomic E-state index is 0.00888. The number of nitrogens with zero attached hydrogens (tertiary/aromatic N) is 1. The monoisotopic (exact) mass is 380 g/mol. The van der Waals surface area contributed by atoms with Gasteiger partial charge in [-0.25, -0.2) is 13.2 Å². The molecule has 26 heavy (non-hydrogen) atoms. The average molecular weight is 380 g/mol. The van der Waals surface area contributed by atoms with Gasteiger partial charge in [0.15, 0.2) is 0 Å². The summed E-state index contributed by atoms with van der Waals surface area (Å²) in [5.74, 6) is -0.790. The van der Waals surface area contributed by atoms with E-state index in [1.807, 2.05) is 0 Å². The van der Waals surface area contributed by atoms with Gasteiger partial charge < -0.3 is 9.47 Å². The lowest BCUT2D eigenvalue weighted by Crippen LogP contribution is -2.17. The van der Waals surface area contributed by atoms with Crippen LogP contribution in [0.3, 0.4) is 0 Å². The molecule has 0 aromatic heterocycles. The molecule has 2 rings (SSSR count). The summed E-state index contributed by atoms with van der Waals surface area (Å²) in [7, 11) is -1.86. The number of hydrogen-bond donors (Lipinski definition) is 1. The smallest absolute Gasteiger partial charge is 0.340 e. The van der Waals surface area contributed by atoms with Crippen LogP contribution in [-0.4, -0.2) is 33.5 Å². The number of anilines is 1.